The normalized spacial score (nSPS) is 21.6. The van der Waals surface area contributed by atoms with E-state index in [4.69, 9.17) is 4.74 Å². The van der Waals surface area contributed by atoms with Gasteiger partial charge >= 0.3 is 0 Å². The van der Waals surface area contributed by atoms with Crippen LogP contribution in [0.1, 0.15) is 30.1 Å². The maximum absolute atomic E-state index is 5.37. The molecule has 0 bridgehead atoms. The second-order valence-electron chi connectivity index (χ2n) is 3.69. The Morgan fingerprint density at radius 3 is 3.00 bits per heavy atom. The minimum absolute atomic E-state index is 0.653. The number of fused-ring (bicyclic) bond motifs is 1. The molecule has 0 radical (unpaired) electrons. The smallest absolute Gasteiger partial charge is 0.108 e. The quantitative estimate of drug-likeness (QED) is 0.754. The lowest BCUT2D eigenvalue weighted by Gasteiger charge is -2.09. The molecule has 2 aliphatic rings. The molecule has 1 aromatic rings. The summed E-state index contributed by atoms with van der Waals surface area (Å²) < 4.78 is 8.68. The van der Waals surface area contributed by atoms with Crippen molar-refractivity contribution in [2.45, 2.75) is 31.9 Å². The van der Waals surface area contributed by atoms with E-state index in [1.807, 2.05) is 0 Å². The second kappa shape index (κ2) is 2.82. The van der Waals surface area contributed by atoms with E-state index in [1.54, 1.807) is 0 Å². The molecule has 0 atom stereocenters. The van der Waals surface area contributed by atoms with Gasteiger partial charge in [0, 0.05) is 12.0 Å². The van der Waals surface area contributed by atoms with Gasteiger partial charge < -0.3 is 4.74 Å². The van der Waals surface area contributed by atoms with Gasteiger partial charge in [-0.25, -0.2) is 0 Å². The van der Waals surface area contributed by atoms with E-state index in [0.717, 1.165) is 18.7 Å². The Labute approximate surface area is 85.2 Å². The van der Waals surface area contributed by atoms with Crippen LogP contribution in [0.4, 0.5) is 0 Å². The third-order valence-corrected chi connectivity index (χ3v) is 3.50. The molecular weight excluding hydrogens is 232 g/mol. The Balaban J connectivity index is 2.06. The van der Waals surface area contributed by atoms with Crippen molar-refractivity contribution in [3.8, 4) is 0 Å². The predicted octanol–water partition coefficient (Wildman–Crippen LogP) is 2.05. The molecule has 13 heavy (non-hydrogen) atoms. The first-order valence-electron chi connectivity index (χ1n) is 4.70. The van der Waals surface area contributed by atoms with Gasteiger partial charge in [0.1, 0.15) is 4.60 Å². The monoisotopic (exact) mass is 242 g/mol. The maximum Gasteiger partial charge on any atom is 0.108 e. The molecule has 0 saturated heterocycles. The molecule has 4 heteroatoms. The van der Waals surface area contributed by atoms with E-state index in [1.165, 1.54) is 23.0 Å². The molecule has 3 nitrogen and oxygen atoms in total. The summed E-state index contributed by atoms with van der Waals surface area (Å²) in [6.45, 7) is 1.52. The molecule has 3 rings (SSSR count). The number of halogens is 1. The topological polar surface area (TPSA) is 27.1 Å². The Bertz CT molecular complexity index is 344. The van der Waals surface area contributed by atoms with E-state index in [-0.39, 0.29) is 0 Å². The van der Waals surface area contributed by atoms with Crippen LogP contribution in [0.5, 0.6) is 0 Å². The highest BCUT2D eigenvalue weighted by Crippen LogP contribution is 2.39. The summed E-state index contributed by atoms with van der Waals surface area (Å²) in [5.74, 6) is 0. The van der Waals surface area contributed by atoms with Crippen LogP contribution in [0, 0.1) is 0 Å². The van der Waals surface area contributed by atoms with Crippen molar-refractivity contribution in [3.05, 3.63) is 15.9 Å². The maximum atomic E-state index is 5.37. The number of rotatable bonds is 1. The molecule has 0 amide bonds. The molecule has 1 aromatic heterocycles. The van der Waals surface area contributed by atoms with Crippen LogP contribution in [0.15, 0.2) is 4.60 Å². The summed E-state index contributed by atoms with van der Waals surface area (Å²) in [5, 5.41) is 4.56. The summed E-state index contributed by atoms with van der Waals surface area (Å²) in [6, 6.07) is 0.653. The first-order chi connectivity index (χ1) is 6.36. The van der Waals surface area contributed by atoms with Crippen molar-refractivity contribution in [2.24, 2.45) is 0 Å². The molecule has 1 aliphatic heterocycles. The first-order valence-corrected chi connectivity index (χ1v) is 5.49. The minimum atomic E-state index is 0.653. The Hall–Kier alpha value is -0.350. The van der Waals surface area contributed by atoms with Crippen LogP contribution in [0.25, 0.3) is 0 Å². The minimum Gasteiger partial charge on any atom is -0.375 e. The number of aromatic nitrogens is 2. The van der Waals surface area contributed by atoms with E-state index < -0.39 is 0 Å². The van der Waals surface area contributed by atoms with Gasteiger partial charge in [0.15, 0.2) is 0 Å². The molecular formula is C9H11BrN2O. The van der Waals surface area contributed by atoms with Crippen LogP contribution in [0.2, 0.25) is 0 Å². The predicted molar refractivity (Wildman–Crippen MR) is 51.6 cm³/mol. The zero-order chi connectivity index (χ0) is 8.84. The van der Waals surface area contributed by atoms with Crippen molar-refractivity contribution in [1.29, 1.82) is 0 Å². The van der Waals surface area contributed by atoms with Gasteiger partial charge in [-0.2, -0.15) is 5.10 Å². The molecule has 70 valence electrons. The lowest BCUT2D eigenvalue weighted by Crippen LogP contribution is -2.08. The van der Waals surface area contributed by atoms with E-state index in [0.29, 0.717) is 12.6 Å². The molecule has 2 heterocycles. The van der Waals surface area contributed by atoms with Crippen molar-refractivity contribution in [1.82, 2.24) is 9.78 Å². The summed E-state index contributed by atoms with van der Waals surface area (Å²) in [4.78, 5) is 0. The standard InChI is InChI=1S/C9H11BrN2O/c10-9-7-3-4-13-5-8(7)11-12(9)6-1-2-6/h6H,1-5H2. The summed E-state index contributed by atoms with van der Waals surface area (Å²) in [6.07, 6.45) is 3.56. The number of hydrogen-bond acceptors (Lipinski definition) is 2. The third-order valence-electron chi connectivity index (χ3n) is 2.65. The van der Waals surface area contributed by atoms with Crippen molar-refractivity contribution >= 4 is 15.9 Å². The van der Waals surface area contributed by atoms with Gasteiger partial charge in [-0.05, 0) is 28.8 Å². The van der Waals surface area contributed by atoms with Crippen molar-refractivity contribution in [3.63, 3.8) is 0 Å². The Morgan fingerprint density at radius 2 is 2.31 bits per heavy atom. The van der Waals surface area contributed by atoms with Gasteiger partial charge in [0.05, 0.1) is 24.9 Å². The average Bonchev–Trinajstić information content (AvgIpc) is 2.94. The summed E-state index contributed by atoms with van der Waals surface area (Å²) >= 11 is 3.62. The SMILES string of the molecule is Brc1c2c(nn1C1CC1)COCC2. The largest absolute Gasteiger partial charge is 0.375 e. The Kier molecular flexibility index (Phi) is 1.73. The zero-order valence-corrected chi connectivity index (χ0v) is 8.88. The molecule has 0 N–H and O–H groups in total. The molecule has 1 saturated carbocycles. The fraction of sp³-hybridized carbons (Fsp3) is 0.667. The highest BCUT2D eigenvalue weighted by Gasteiger charge is 2.29. The van der Waals surface area contributed by atoms with Gasteiger partial charge in [-0.1, -0.05) is 0 Å². The number of hydrogen-bond donors (Lipinski definition) is 0. The summed E-state index contributed by atoms with van der Waals surface area (Å²) in [5.41, 5.74) is 2.49. The van der Waals surface area contributed by atoms with Gasteiger partial charge in [0.2, 0.25) is 0 Å². The van der Waals surface area contributed by atoms with Gasteiger partial charge in [0.25, 0.3) is 0 Å². The van der Waals surface area contributed by atoms with Crippen LogP contribution >= 0.6 is 15.9 Å². The van der Waals surface area contributed by atoms with Gasteiger partial charge in [-0.15, -0.1) is 0 Å². The molecule has 1 fully saturated rings. The summed E-state index contributed by atoms with van der Waals surface area (Å²) in [7, 11) is 0. The fourth-order valence-electron chi connectivity index (χ4n) is 1.76. The fourth-order valence-corrected chi connectivity index (χ4v) is 2.56. The number of nitrogens with zero attached hydrogens (tertiary/aromatic N) is 2. The molecule has 0 aromatic carbocycles. The van der Waals surface area contributed by atoms with Gasteiger partial charge in [-0.3, -0.25) is 4.68 Å². The zero-order valence-electron chi connectivity index (χ0n) is 7.29. The third kappa shape index (κ3) is 1.23. The Morgan fingerprint density at radius 1 is 1.46 bits per heavy atom. The van der Waals surface area contributed by atoms with E-state index in [2.05, 4.69) is 25.7 Å². The van der Waals surface area contributed by atoms with Crippen LogP contribution in [-0.2, 0) is 17.8 Å². The van der Waals surface area contributed by atoms with Crippen LogP contribution < -0.4 is 0 Å². The number of ether oxygens (including phenoxy) is 1. The van der Waals surface area contributed by atoms with E-state index in [9.17, 15) is 0 Å². The van der Waals surface area contributed by atoms with Crippen molar-refractivity contribution < 1.29 is 4.74 Å². The highest BCUT2D eigenvalue weighted by molar-refractivity contribution is 9.10. The van der Waals surface area contributed by atoms with Crippen LogP contribution in [0.3, 0.4) is 0 Å². The molecule has 0 spiro atoms. The highest BCUT2D eigenvalue weighted by atomic mass is 79.9. The average molecular weight is 243 g/mol. The second-order valence-corrected chi connectivity index (χ2v) is 4.45. The lowest BCUT2D eigenvalue weighted by atomic mass is 10.2. The molecule has 1 aliphatic carbocycles. The lowest BCUT2D eigenvalue weighted by molar-refractivity contribution is 0.108. The first kappa shape index (κ1) is 8.00. The van der Waals surface area contributed by atoms with E-state index >= 15 is 0 Å². The van der Waals surface area contributed by atoms with Crippen molar-refractivity contribution in [2.75, 3.05) is 6.61 Å². The van der Waals surface area contributed by atoms with Crippen LogP contribution in [-0.4, -0.2) is 16.4 Å². The molecule has 0 unspecified atom stereocenters.